The summed E-state index contributed by atoms with van der Waals surface area (Å²) in [7, 11) is 1.57. The van der Waals surface area contributed by atoms with Gasteiger partial charge in [-0.3, -0.25) is 14.4 Å². The maximum absolute atomic E-state index is 12.0. The van der Waals surface area contributed by atoms with E-state index in [0.717, 1.165) is 11.1 Å². The summed E-state index contributed by atoms with van der Waals surface area (Å²) in [6.45, 7) is 2.14. The minimum atomic E-state index is -0.894. The number of hydrogen-bond donors (Lipinski definition) is 3. The zero-order valence-corrected chi connectivity index (χ0v) is 16.4. The van der Waals surface area contributed by atoms with E-state index in [2.05, 4.69) is 21.2 Å². The van der Waals surface area contributed by atoms with Crippen LogP contribution in [0.4, 0.5) is 0 Å². The number of para-hydroxylation sites is 1. The molecule has 2 rings (SSSR count). The first kappa shape index (κ1) is 21.6. The molecular weight excluding hydrogens is 372 g/mol. The second-order valence-electron chi connectivity index (χ2n) is 6.22. The number of hydrogen-bond acceptors (Lipinski definition) is 5. The van der Waals surface area contributed by atoms with E-state index in [4.69, 9.17) is 4.74 Å². The molecule has 0 spiro atoms. The monoisotopic (exact) mass is 396 g/mol. The zero-order valence-electron chi connectivity index (χ0n) is 16.4. The average molecular weight is 396 g/mol. The van der Waals surface area contributed by atoms with Gasteiger partial charge in [0.05, 0.1) is 13.5 Å². The number of methoxy groups -OCH3 is 1. The summed E-state index contributed by atoms with van der Waals surface area (Å²) in [6, 6.07) is 16.6. The van der Waals surface area contributed by atoms with Crippen LogP contribution in [0, 0.1) is 0 Å². The summed E-state index contributed by atoms with van der Waals surface area (Å²) in [5.41, 5.74) is 4.24. The van der Waals surface area contributed by atoms with Crippen LogP contribution < -0.4 is 20.8 Å². The molecule has 0 radical (unpaired) electrons. The van der Waals surface area contributed by atoms with Gasteiger partial charge in [-0.1, -0.05) is 48.5 Å². The Balaban J connectivity index is 1.74. The van der Waals surface area contributed by atoms with E-state index in [9.17, 15) is 14.4 Å². The van der Waals surface area contributed by atoms with E-state index in [1.165, 1.54) is 0 Å². The standard InChI is InChI=1S/C21H24N4O4/c1-15(12-19(26)22-14-17-10-6-7-11-18(17)29-2)24-25-21(28)20(27)23-13-16-8-4-3-5-9-16/h3-11H,12-14H2,1-2H3,(H,22,26)(H,23,27)(H,25,28)/b24-15-. The molecule has 3 N–H and O–H groups in total. The van der Waals surface area contributed by atoms with Crippen LogP contribution in [-0.2, 0) is 27.5 Å². The third-order valence-corrected chi connectivity index (χ3v) is 3.94. The predicted octanol–water partition coefficient (Wildman–Crippen LogP) is 1.51. The van der Waals surface area contributed by atoms with Crippen molar-refractivity contribution in [2.75, 3.05) is 7.11 Å². The summed E-state index contributed by atoms with van der Waals surface area (Å²) in [6.07, 6.45) is -0.0128. The van der Waals surface area contributed by atoms with Gasteiger partial charge in [0.25, 0.3) is 0 Å². The minimum absolute atomic E-state index is 0.0128. The van der Waals surface area contributed by atoms with E-state index in [-0.39, 0.29) is 18.9 Å². The molecule has 2 aromatic rings. The van der Waals surface area contributed by atoms with Crippen LogP contribution in [-0.4, -0.2) is 30.5 Å². The van der Waals surface area contributed by atoms with Crippen LogP contribution in [0.1, 0.15) is 24.5 Å². The Morgan fingerprint density at radius 2 is 1.59 bits per heavy atom. The van der Waals surface area contributed by atoms with Gasteiger partial charge in [0.1, 0.15) is 5.75 Å². The molecule has 0 fully saturated rings. The average Bonchev–Trinajstić information content (AvgIpc) is 2.75. The lowest BCUT2D eigenvalue weighted by Gasteiger charge is -2.09. The van der Waals surface area contributed by atoms with Gasteiger partial charge >= 0.3 is 11.8 Å². The van der Waals surface area contributed by atoms with Gasteiger partial charge in [-0.15, -0.1) is 0 Å². The molecule has 0 aliphatic carbocycles. The van der Waals surface area contributed by atoms with E-state index < -0.39 is 11.8 Å². The molecule has 8 heteroatoms. The van der Waals surface area contributed by atoms with Crippen LogP contribution in [0.15, 0.2) is 59.7 Å². The quantitative estimate of drug-likeness (QED) is 0.357. The first-order chi connectivity index (χ1) is 14.0. The van der Waals surface area contributed by atoms with Crippen molar-refractivity contribution < 1.29 is 19.1 Å². The van der Waals surface area contributed by atoms with Gasteiger partial charge in [-0.25, -0.2) is 5.43 Å². The van der Waals surface area contributed by atoms with Crippen LogP contribution in [0.3, 0.4) is 0 Å². The Morgan fingerprint density at radius 1 is 0.897 bits per heavy atom. The molecule has 0 heterocycles. The predicted molar refractivity (Wildman–Crippen MR) is 109 cm³/mol. The number of hydrazone groups is 1. The molecule has 0 aliphatic heterocycles. The third-order valence-electron chi connectivity index (χ3n) is 3.94. The highest BCUT2D eigenvalue weighted by Gasteiger charge is 2.13. The number of nitrogens with one attached hydrogen (secondary N) is 3. The molecule has 152 valence electrons. The maximum atomic E-state index is 12.0. The number of benzene rings is 2. The Morgan fingerprint density at radius 3 is 2.31 bits per heavy atom. The van der Waals surface area contributed by atoms with Gasteiger partial charge in [0, 0.05) is 24.4 Å². The van der Waals surface area contributed by atoms with E-state index in [1.54, 1.807) is 14.0 Å². The molecular formula is C21H24N4O4. The number of carbonyl (C=O) groups excluding carboxylic acids is 3. The molecule has 8 nitrogen and oxygen atoms in total. The lowest BCUT2D eigenvalue weighted by atomic mass is 10.2. The highest BCUT2D eigenvalue weighted by atomic mass is 16.5. The van der Waals surface area contributed by atoms with Crippen molar-refractivity contribution in [2.24, 2.45) is 5.10 Å². The van der Waals surface area contributed by atoms with Gasteiger partial charge in [-0.05, 0) is 18.6 Å². The fourth-order valence-corrected chi connectivity index (χ4v) is 2.43. The van der Waals surface area contributed by atoms with Crippen molar-refractivity contribution in [1.29, 1.82) is 0 Å². The van der Waals surface area contributed by atoms with Crippen molar-refractivity contribution in [3.63, 3.8) is 0 Å². The van der Waals surface area contributed by atoms with E-state index in [1.807, 2.05) is 54.6 Å². The Hall–Kier alpha value is -3.68. The molecule has 0 saturated carbocycles. The highest BCUT2D eigenvalue weighted by Crippen LogP contribution is 2.16. The molecule has 0 bridgehead atoms. The normalized spacial score (nSPS) is 10.8. The summed E-state index contributed by atoms with van der Waals surface area (Å²) in [5, 5.41) is 9.06. The molecule has 3 amide bonds. The lowest BCUT2D eigenvalue weighted by molar-refractivity contribution is -0.139. The van der Waals surface area contributed by atoms with E-state index in [0.29, 0.717) is 18.0 Å². The number of nitrogens with zero attached hydrogens (tertiary/aromatic N) is 1. The fraction of sp³-hybridized carbons (Fsp3) is 0.238. The molecule has 0 unspecified atom stereocenters. The molecule has 2 aromatic carbocycles. The van der Waals surface area contributed by atoms with Crippen molar-refractivity contribution in [1.82, 2.24) is 16.1 Å². The molecule has 0 saturated heterocycles. The fourth-order valence-electron chi connectivity index (χ4n) is 2.43. The van der Waals surface area contributed by atoms with Crippen LogP contribution in [0.25, 0.3) is 0 Å². The first-order valence-electron chi connectivity index (χ1n) is 9.03. The molecule has 0 aromatic heterocycles. The molecule has 29 heavy (non-hydrogen) atoms. The topological polar surface area (TPSA) is 109 Å². The minimum Gasteiger partial charge on any atom is -0.496 e. The van der Waals surface area contributed by atoms with Crippen molar-refractivity contribution in [3.8, 4) is 5.75 Å². The lowest BCUT2D eigenvalue weighted by Crippen LogP contribution is -2.37. The third kappa shape index (κ3) is 7.45. The number of rotatable bonds is 8. The Labute approximate surface area is 169 Å². The largest absolute Gasteiger partial charge is 0.496 e. The summed E-state index contributed by atoms with van der Waals surface area (Å²) in [4.78, 5) is 35.6. The second-order valence-corrected chi connectivity index (χ2v) is 6.22. The van der Waals surface area contributed by atoms with Crippen molar-refractivity contribution in [2.45, 2.75) is 26.4 Å². The second kappa shape index (κ2) is 11.2. The summed E-state index contributed by atoms with van der Waals surface area (Å²) >= 11 is 0. The Kier molecular flexibility index (Phi) is 8.37. The van der Waals surface area contributed by atoms with Gasteiger partial charge < -0.3 is 15.4 Å². The maximum Gasteiger partial charge on any atom is 0.329 e. The van der Waals surface area contributed by atoms with Crippen molar-refractivity contribution >= 4 is 23.4 Å². The number of ether oxygens (including phenoxy) is 1. The highest BCUT2D eigenvalue weighted by molar-refractivity contribution is 6.35. The Bertz CT molecular complexity index is 881. The first-order valence-corrected chi connectivity index (χ1v) is 9.03. The number of amides is 3. The zero-order chi connectivity index (χ0) is 21.1. The van der Waals surface area contributed by atoms with Gasteiger partial charge in [0.2, 0.25) is 5.91 Å². The van der Waals surface area contributed by atoms with Gasteiger partial charge in [-0.2, -0.15) is 5.10 Å². The van der Waals surface area contributed by atoms with Crippen LogP contribution in [0.5, 0.6) is 5.75 Å². The summed E-state index contributed by atoms with van der Waals surface area (Å²) in [5.74, 6) is -1.27. The van der Waals surface area contributed by atoms with Crippen LogP contribution in [0.2, 0.25) is 0 Å². The van der Waals surface area contributed by atoms with Crippen LogP contribution >= 0.6 is 0 Å². The number of carbonyl (C=O) groups is 3. The van der Waals surface area contributed by atoms with Crippen molar-refractivity contribution in [3.05, 3.63) is 65.7 Å². The molecule has 0 aliphatic rings. The summed E-state index contributed by atoms with van der Waals surface area (Å²) < 4.78 is 5.23. The molecule has 0 atom stereocenters. The SMILES string of the molecule is COc1ccccc1CNC(=O)C/C(C)=N\NC(=O)C(=O)NCc1ccccc1. The van der Waals surface area contributed by atoms with E-state index >= 15 is 0 Å². The van der Waals surface area contributed by atoms with Gasteiger partial charge in [0.15, 0.2) is 0 Å². The smallest absolute Gasteiger partial charge is 0.329 e.